The first-order valence-corrected chi connectivity index (χ1v) is 9.46. The fraction of sp³-hybridized carbons (Fsp3) is 0.650. The van der Waals surface area contributed by atoms with Gasteiger partial charge in [-0.05, 0) is 68.3 Å². The fourth-order valence-electron chi connectivity index (χ4n) is 3.22. The first-order valence-electron chi connectivity index (χ1n) is 9.46. The second-order valence-electron chi connectivity index (χ2n) is 7.63. The van der Waals surface area contributed by atoms with E-state index in [0.717, 1.165) is 24.9 Å². The summed E-state index contributed by atoms with van der Waals surface area (Å²) in [5, 5.41) is 6.21. The van der Waals surface area contributed by atoms with Crippen molar-refractivity contribution >= 4 is 5.91 Å². The van der Waals surface area contributed by atoms with E-state index in [9.17, 15) is 4.79 Å². The van der Waals surface area contributed by atoms with Crippen LogP contribution in [0.5, 0.6) is 0 Å². The van der Waals surface area contributed by atoms with Gasteiger partial charge in [0, 0.05) is 13.1 Å². The zero-order valence-electron chi connectivity index (χ0n) is 14.9. The molecule has 1 heterocycles. The summed E-state index contributed by atoms with van der Waals surface area (Å²) in [4.78, 5) is 14.3. The summed E-state index contributed by atoms with van der Waals surface area (Å²) < 4.78 is 0. The predicted octanol–water partition coefficient (Wildman–Crippen LogP) is 2.53. The lowest BCUT2D eigenvalue weighted by Gasteiger charge is -2.30. The number of benzene rings is 1. The highest BCUT2D eigenvalue weighted by Crippen LogP contribution is 2.27. The third-order valence-electron chi connectivity index (χ3n) is 5.21. The molecule has 2 N–H and O–H groups in total. The van der Waals surface area contributed by atoms with Crippen LogP contribution >= 0.6 is 0 Å². The number of nitrogens with one attached hydrogen (secondary N) is 2. The van der Waals surface area contributed by atoms with Gasteiger partial charge in [0.05, 0.1) is 6.54 Å². The molecule has 0 radical (unpaired) electrons. The van der Waals surface area contributed by atoms with Gasteiger partial charge in [0.2, 0.25) is 5.91 Å². The molecule has 1 aromatic rings. The van der Waals surface area contributed by atoms with Crippen LogP contribution in [0.25, 0.3) is 0 Å². The Bertz CT molecular complexity index is 516. The molecule has 24 heavy (non-hydrogen) atoms. The van der Waals surface area contributed by atoms with Crippen molar-refractivity contribution in [2.75, 3.05) is 26.2 Å². The second-order valence-corrected chi connectivity index (χ2v) is 7.63. The molecule has 1 aromatic carbocycles. The lowest BCUT2D eigenvalue weighted by molar-refractivity contribution is -0.120. The summed E-state index contributed by atoms with van der Waals surface area (Å²) in [5.41, 5.74) is 2.53. The van der Waals surface area contributed by atoms with E-state index in [-0.39, 0.29) is 5.91 Å². The van der Waals surface area contributed by atoms with Crippen LogP contribution in [0.1, 0.15) is 43.7 Å². The molecule has 1 saturated carbocycles. The first kappa shape index (κ1) is 17.4. The Hall–Kier alpha value is -1.39. The molecule has 1 saturated heterocycles. The zero-order chi connectivity index (χ0) is 16.8. The van der Waals surface area contributed by atoms with E-state index in [0.29, 0.717) is 13.1 Å². The molecule has 4 heteroatoms. The minimum Gasteiger partial charge on any atom is -0.351 e. The number of piperidine rings is 1. The van der Waals surface area contributed by atoms with Gasteiger partial charge in [-0.1, -0.05) is 31.2 Å². The Kier molecular flexibility index (Phi) is 6.27. The second kappa shape index (κ2) is 8.63. The Morgan fingerprint density at radius 2 is 1.75 bits per heavy atom. The molecule has 2 aliphatic rings. The maximum atomic E-state index is 11.8. The molecule has 1 aliphatic heterocycles. The molecular formula is C20H31N3O. The van der Waals surface area contributed by atoms with E-state index in [1.54, 1.807) is 0 Å². The monoisotopic (exact) mass is 329 g/mol. The molecule has 4 nitrogen and oxygen atoms in total. The number of likely N-dealkylation sites (tertiary alicyclic amines) is 1. The van der Waals surface area contributed by atoms with Gasteiger partial charge in [-0.25, -0.2) is 0 Å². The van der Waals surface area contributed by atoms with Gasteiger partial charge in [-0.15, -0.1) is 0 Å². The Labute approximate surface area is 146 Å². The normalized spacial score (nSPS) is 19.4. The summed E-state index contributed by atoms with van der Waals surface area (Å²) in [6.45, 7) is 7.86. The highest BCUT2D eigenvalue weighted by Gasteiger charge is 2.20. The molecule has 3 rings (SSSR count). The van der Waals surface area contributed by atoms with Crippen molar-refractivity contribution < 1.29 is 4.79 Å². The average Bonchev–Trinajstić information content (AvgIpc) is 3.41. The number of carbonyl (C=O) groups excluding carboxylic acids is 1. The van der Waals surface area contributed by atoms with E-state index in [2.05, 4.69) is 46.7 Å². The van der Waals surface area contributed by atoms with Crippen molar-refractivity contribution in [3.63, 3.8) is 0 Å². The Morgan fingerprint density at radius 1 is 1.08 bits per heavy atom. The van der Waals surface area contributed by atoms with Crippen molar-refractivity contribution in [3.05, 3.63) is 35.4 Å². The maximum Gasteiger partial charge on any atom is 0.234 e. The van der Waals surface area contributed by atoms with Gasteiger partial charge in [0.25, 0.3) is 0 Å². The average molecular weight is 329 g/mol. The number of carbonyl (C=O) groups is 1. The van der Waals surface area contributed by atoms with Crippen molar-refractivity contribution in [1.29, 1.82) is 0 Å². The van der Waals surface area contributed by atoms with Crippen LogP contribution < -0.4 is 10.6 Å². The van der Waals surface area contributed by atoms with Gasteiger partial charge in [-0.3, -0.25) is 9.69 Å². The molecule has 2 fully saturated rings. The SMILES string of the molecule is CC1CCN(Cc2ccc(CNC(=O)CNCC3CC3)cc2)CC1. The van der Waals surface area contributed by atoms with E-state index < -0.39 is 0 Å². The maximum absolute atomic E-state index is 11.8. The molecule has 0 aromatic heterocycles. The van der Waals surface area contributed by atoms with Crippen LogP contribution in [0.3, 0.4) is 0 Å². The molecule has 0 atom stereocenters. The zero-order valence-corrected chi connectivity index (χ0v) is 14.9. The summed E-state index contributed by atoms with van der Waals surface area (Å²) in [6.07, 6.45) is 5.27. The van der Waals surface area contributed by atoms with Crippen LogP contribution in [-0.4, -0.2) is 37.0 Å². The van der Waals surface area contributed by atoms with E-state index in [1.807, 2.05) is 0 Å². The number of hydrogen-bond donors (Lipinski definition) is 2. The van der Waals surface area contributed by atoms with Gasteiger partial charge >= 0.3 is 0 Å². The van der Waals surface area contributed by atoms with E-state index in [4.69, 9.17) is 0 Å². The quantitative estimate of drug-likeness (QED) is 0.770. The molecule has 0 bridgehead atoms. The third kappa shape index (κ3) is 5.91. The lowest BCUT2D eigenvalue weighted by atomic mass is 9.99. The highest BCUT2D eigenvalue weighted by molar-refractivity contribution is 5.77. The molecule has 0 unspecified atom stereocenters. The van der Waals surface area contributed by atoms with Gasteiger partial charge in [0.1, 0.15) is 0 Å². The summed E-state index contributed by atoms with van der Waals surface area (Å²) >= 11 is 0. The smallest absolute Gasteiger partial charge is 0.234 e. The molecule has 0 spiro atoms. The number of rotatable bonds is 8. The molecule has 1 amide bonds. The minimum absolute atomic E-state index is 0.0853. The van der Waals surface area contributed by atoms with Crippen LogP contribution in [0, 0.1) is 11.8 Å². The van der Waals surface area contributed by atoms with Crippen molar-refractivity contribution in [1.82, 2.24) is 15.5 Å². The lowest BCUT2D eigenvalue weighted by Crippen LogP contribution is -2.34. The third-order valence-corrected chi connectivity index (χ3v) is 5.21. The summed E-state index contributed by atoms with van der Waals surface area (Å²) in [7, 11) is 0. The Balaban J connectivity index is 1.35. The van der Waals surface area contributed by atoms with Crippen LogP contribution in [0.4, 0.5) is 0 Å². The predicted molar refractivity (Wildman–Crippen MR) is 97.6 cm³/mol. The first-order chi connectivity index (χ1) is 11.7. The van der Waals surface area contributed by atoms with E-state index >= 15 is 0 Å². The fourth-order valence-corrected chi connectivity index (χ4v) is 3.22. The minimum atomic E-state index is 0.0853. The largest absolute Gasteiger partial charge is 0.351 e. The van der Waals surface area contributed by atoms with Crippen LogP contribution in [0.2, 0.25) is 0 Å². The van der Waals surface area contributed by atoms with Crippen molar-refractivity contribution in [2.24, 2.45) is 11.8 Å². The molecule has 1 aliphatic carbocycles. The summed E-state index contributed by atoms with van der Waals surface area (Å²) in [6, 6.07) is 8.68. The number of amides is 1. The number of hydrogen-bond acceptors (Lipinski definition) is 3. The van der Waals surface area contributed by atoms with Gasteiger partial charge < -0.3 is 10.6 Å². The topological polar surface area (TPSA) is 44.4 Å². The molecule has 132 valence electrons. The summed E-state index contributed by atoms with van der Waals surface area (Å²) in [5.74, 6) is 1.78. The number of nitrogens with zero attached hydrogens (tertiary/aromatic N) is 1. The van der Waals surface area contributed by atoms with Crippen LogP contribution in [0.15, 0.2) is 24.3 Å². The van der Waals surface area contributed by atoms with Crippen LogP contribution in [-0.2, 0) is 17.9 Å². The van der Waals surface area contributed by atoms with E-state index in [1.165, 1.54) is 49.9 Å². The van der Waals surface area contributed by atoms with Gasteiger partial charge in [-0.2, -0.15) is 0 Å². The van der Waals surface area contributed by atoms with Gasteiger partial charge in [0.15, 0.2) is 0 Å². The standard InChI is InChI=1S/C20H31N3O/c1-16-8-10-23(11-9-16)15-19-6-4-18(5-7-19)13-22-20(24)14-21-12-17-2-3-17/h4-7,16-17,21H,2-3,8-15H2,1H3,(H,22,24). The molecular weight excluding hydrogens is 298 g/mol. The van der Waals surface area contributed by atoms with Crippen molar-refractivity contribution in [2.45, 2.75) is 45.7 Å². The van der Waals surface area contributed by atoms with Crippen molar-refractivity contribution in [3.8, 4) is 0 Å². The Morgan fingerprint density at radius 3 is 2.42 bits per heavy atom. The highest BCUT2D eigenvalue weighted by atomic mass is 16.1.